The van der Waals surface area contributed by atoms with Crippen molar-refractivity contribution in [3.05, 3.63) is 0 Å². The maximum atomic E-state index is 5.69. The first kappa shape index (κ1) is 11.5. The number of halogens is 1. The van der Waals surface area contributed by atoms with Crippen LogP contribution in [0.2, 0.25) is 0 Å². The summed E-state index contributed by atoms with van der Waals surface area (Å²) in [6, 6.07) is 0. The van der Waals surface area contributed by atoms with E-state index in [-0.39, 0.29) is 5.60 Å². The van der Waals surface area contributed by atoms with Crippen LogP contribution < -0.4 is 0 Å². The van der Waals surface area contributed by atoms with Gasteiger partial charge < -0.3 is 4.74 Å². The predicted molar refractivity (Wildman–Crippen MR) is 60.4 cm³/mol. The zero-order valence-corrected chi connectivity index (χ0v) is 10.4. The summed E-state index contributed by atoms with van der Waals surface area (Å²) >= 11 is 3.47. The summed E-state index contributed by atoms with van der Waals surface area (Å²) in [4.78, 5) is 0. The van der Waals surface area contributed by atoms with E-state index in [1.165, 1.54) is 32.1 Å². The normalized spacial score (nSPS) is 27.5. The number of alkyl halides is 1. The van der Waals surface area contributed by atoms with Gasteiger partial charge in [-0.2, -0.15) is 0 Å². The molecule has 0 spiro atoms. The van der Waals surface area contributed by atoms with E-state index in [0.29, 0.717) is 0 Å². The first-order valence-electron chi connectivity index (χ1n) is 5.34. The Labute approximate surface area is 90.4 Å². The number of hydrogen-bond acceptors (Lipinski definition) is 1. The topological polar surface area (TPSA) is 9.23 Å². The molecule has 0 radical (unpaired) electrons. The van der Waals surface area contributed by atoms with Crippen LogP contribution in [0.25, 0.3) is 0 Å². The van der Waals surface area contributed by atoms with Crippen LogP contribution in [0.1, 0.15) is 46.0 Å². The molecule has 0 aromatic rings. The van der Waals surface area contributed by atoms with Gasteiger partial charge in [0.1, 0.15) is 0 Å². The molecule has 1 aliphatic rings. The lowest BCUT2D eigenvalue weighted by molar-refractivity contribution is -0.0737. The summed E-state index contributed by atoms with van der Waals surface area (Å²) in [6.45, 7) is 5.39. The summed E-state index contributed by atoms with van der Waals surface area (Å²) in [5, 5.41) is 1.15. The molecule has 0 N–H and O–H groups in total. The third kappa shape index (κ3) is 4.46. The van der Waals surface area contributed by atoms with Crippen molar-refractivity contribution in [2.24, 2.45) is 5.92 Å². The fourth-order valence-electron chi connectivity index (χ4n) is 2.13. The second-order valence-electron chi connectivity index (χ2n) is 4.65. The minimum absolute atomic E-state index is 0.136. The van der Waals surface area contributed by atoms with Crippen molar-refractivity contribution in [1.29, 1.82) is 0 Å². The molecule has 0 bridgehead atoms. The zero-order chi connectivity index (χ0) is 9.73. The average molecular weight is 249 g/mol. The lowest BCUT2D eigenvalue weighted by Gasteiger charge is -2.35. The zero-order valence-electron chi connectivity index (χ0n) is 8.81. The van der Waals surface area contributed by atoms with E-state index in [1.807, 2.05) is 0 Å². The van der Waals surface area contributed by atoms with Gasteiger partial charge in [-0.25, -0.2) is 0 Å². The highest BCUT2D eigenvalue weighted by atomic mass is 79.9. The lowest BCUT2D eigenvalue weighted by Crippen LogP contribution is -2.33. The molecule has 1 atom stereocenters. The Morgan fingerprint density at radius 2 is 2.15 bits per heavy atom. The number of rotatable bonds is 4. The third-order valence-corrected chi connectivity index (χ3v) is 3.36. The molecular formula is C11H21BrO. The minimum atomic E-state index is 0.136. The van der Waals surface area contributed by atoms with Gasteiger partial charge in [-0.15, -0.1) is 0 Å². The summed E-state index contributed by atoms with van der Waals surface area (Å²) < 4.78 is 5.69. The quantitative estimate of drug-likeness (QED) is 0.544. The Balaban J connectivity index is 2.19. The number of unbranched alkanes of at least 4 members (excludes halogenated alkanes) is 1. The highest BCUT2D eigenvalue weighted by Gasteiger charge is 2.28. The molecule has 1 saturated heterocycles. The standard InChI is InChI=1S/C11H21BrO/c1-11(2)9-10(6-8-13-11)5-3-4-7-12/h10H,3-9H2,1-2H3. The first-order valence-corrected chi connectivity index (χ1v) is 6.46. The average Bonchev–Trinajstić information content (AvgIpc) is 2.03. The molecule has 0 aromatic heterocycles. The summed E-state index contributed by atoms with van der Waals surface area (Å²) in [5.41, 5.74) is 0.136. The van der Waals surface area contributed by atoms with E-state index in [0.717, 1.165) is 17.9 Å². The Hall–Kier alpha value is 0.440. The molecular weight excluding hydrogens is 228 g/mol. The largest absolute Gasteiger partial charge is 0.376 e. The van der Waals surface area contributed by atoms with Gasteiger partial charge in [0.05, 0.1) is 5.60 Å². The lowest BCUT2D eigenvalue weighted by atomic mass is 9.85. The van der Waals surface area contributed by atoms with E-state index in [9.17, 15) is 0 Å². The van der Waals surface area contributed by atoms with Crippen molar-refractivity contribution >= 4 is 15.9 Å². The third-order valence-electron chi connectivity index (χ3n) is 2.80. The molecule has 0 amide bonds. The van der Waals surface area contributed by atoms with E-state index >= 15 is 0 Å². The SMILES string of the molecule is CC1(C)CC(CCCCBr)CCO1. The molecule has 1 rings (SSSR count). The van der Waals surface area contributed by atoms with Gasteiger partial charge in [0.25, 0.3) is 0 Å². The first-order chi connectivity index (χ1) is 6.14. The Kier molecular flexibility index (Phi) is 4.74. The number of ether oxygens (including phenoxy) is 1. The Morgan fingerprint density at radius 1 is 1.38 bits per heavy atom. The molecule has 1 nitrogen and oxygen atoms in total. The fourth-order valence-corrected chi connectivity index (χ4v) is 2.53. The minimum Gasteiger partial charge on any atom is -0.376 e. The highest BCUT2D eigenvalue weighted by molar-refractivity contribution is 9.09. The van der Waals surface area contributed by atoms with E-state index in [2.05, 4.69) is 29.8 Å². The summed E-state index contributed by atoms with van der Waals surface area (Å²) in [7, 11) is 0. The summed E-state index contributed by atoms with van der Waals surface area (Å²) in [5.74, 6) is 0.905. The molecule has 1 heterocycles. The van der Waals surface area contributed by atoms with Crippen LogP contribution in [0.3, 0.4) is 0 Å². The van der Waals surface area contributed by atoms with Crippen LogP contribution in [-0.4, -0.2) is 17.5 Å². The van der Waals surface area contributed by atoms with Crippen molar-refractivity contribution < 1.29 is 4.74 Å². The molecule has 1 aliphatic heterocycles. The van der Waals surface area contributed by atoms with Crippen molar-refractivity contribution in [1.82, 2.24) is 0 Å². The maximum Gasteiger partial charge on any atom is 0.0629 e. The van der Waals surface area contributed by atoms with Crippen LogP contribution in [0.15, 0.2) is 0 Å². The predicted octanol–water partition coefficient (Wildman–Crippen LogP) is 3.76. The van der Waals surface area contributed by atoms with Gasteiger partial charge >= 0.3 is 0 Å². The molecule has 2 heteroatoms. The number of hydrogen-bond donors (Lipinski definition) is 0. The second-order valence-corrected chi connectivity index (χ2v) is 5.44. The molecule has 0 saturated carbocycles. The molecule has 0 aromatic carbocycles. The van der Waals surface area contributed by atoms with Crippen molar-refractivity contribution in [3.63, 3.8) is 0 Å². The van der Waals surface area contributed by atoms with Crippen LogP contribution in [0, 0.1) is 5.92 Å². The van der Waals surface area contributed by atoms with Crippen LogP contribution in [0.4, 0.5) is 0 Å². The van der Waals surface area contributed by atoms with Crippen molar-refractivity contribution in [2.75, 3.05) is 11.9 Å². The highest BCUT2D eigenvalue weighted by Crippen LogP contribution is 2.31. The molecule has 1 fully saturated rings. The van der Waals surface area contributed by atoms with E-state index < -0.39 is 0 Å². The molecule has 78 valence electrons. The maximum absolute atomic E-state index is 5.69. The monoisotopic (exact) mass is 248 g/mol. The van der Waals surface area contributed by atoms with E-state index in [4.69, 9.17) is 4.74 Å². The Bertz CT molecular complexity index is 145. The Morgan fingerprint density at radius 3 is 2.77 bits per heavy atom. The second kappa shape index (κ2) is 5.35. The van der Waals surface area contributed by atoms with E-state index in [1.54, 1.807) is 0 Å². The van der Waals surface area contributed by atoms with Gasteiger partial charge in [0.15, 0.2) is 0 Å². The van der Waals surface area contributed by atoms with Gasteiger partial charge in [-0.3, -0.25) is 0 Å². The van der Waals surface area contributed by atoms with Gasteiger partial charge in [-0.05, 0) is 39.0 Å². The van der Waals surface area contributed by atoms with Crippen molar-refractivity contribution in [2.45, 2.75) is 51.6 Å². The smallest absolute Gasteiger partial charge is 0.0629 e. The van der Waals surface area contributed by atoms with Crippen LogP contribution >= 0.6 is 15.9 Å². The molecule has 0 aliphatic carbocycles. The van der Waals surface area contributed by atoms with Crippen LogP contribution in [0.5, 0.6) is 0 Å². The van der Waals surface area contributed by atoms with Crippen molar-refractivity contribution in [3.8, 4) is 0 Å². The van der Waals surface area contributed by atoms with Gasteiger partial charge in [0, 0.05) is 11.9 Å². The van der Waals surface area contributed by atoms with Gasteiger partial charge in [0.2, 0.25) is 0 Å². The van der Waals surface area contributed by atoms with Gasteiger partial charge in [-0.1, -0.05) is 28.8 Å². The fraction of sp³-hybridized carbons (Fsp3) is 1.00. The van der Waals surface area contributed by atoms with Crippen LogP contribution in [-0.2, 0) is 4.74 Å². The molecule has 1 unspecified atom stereocenters. The summed E-state index contributed by atoms with van der Waals surface area (Å²) in [6.07, 6.45) is 6.59. The molecule has 13 heavy (non-hydrogen) atoms.